The average Bonchev–Trinajstić information content (AvgIpc) is 2.57. The highest BCUT2D eigenvalue weighted by Gasteiger charge is 2.34. The summed E-state index contributed by atoms with van der Waals surface area (Å²) in [7, 11) is 0. The van der Waals surface area contributed by atoms with E-state index in [-0.39, 0.29) is 34.6 Å². The number of fused-ring (bicyclic) bond motifs is 2. The fourth-order valence-electron chi connectivity index (χ4n) is 2.76. The van der Waals surface area contributed by atoms with Crippen molar-refractivity contribution in [2.75, 3.05) is 0 Å². The summed E-state index contributed by atoms with van der Waals surface area (Å²) in [5.74, 6) is -2.39. The molecular formula is C19H14O6. The number of allylic oxidation sites excluding steroid dienone is 1. The van der Waals surface area contributed by atoms with Crippen molar-refractivity contribution in [3.63, 3.8) is 0 Å². The van der Waals surface area contributed by atoms with E-state index in [0.29, 0.717) is 5.56 Å². The summed E-state index contributed by atoms with van der Waals surface area (Å²) < 4.78 is 4.99. The van der Waals surface area contributed by atoms with Crippen molar-refractivity contribution in [1.29, 1.82) is 0 Å². The van der Waals surface area contributed by atoms with E-state index in [1.807, 2.05) is 0 Å². The summed E-state index contributed by atoms with van der Waals surface area (Å²) >= 11 is 0. The maximum atomic E-state index is 12.7. The van der Waals surface area contributed by atoms with Crippen LogP contribution in [0.15, 0.2) is 42.5 Å². The number of esters is 1. The molecule has 2 N–H and O–H groups in total. The van der Waals surface area contributed by atoms with Crippen LogP contribution >= 0.6 is 0 Å². The van der Waals surface area contributed by atoms with Gasteiger partial charge in [0.2, 0.25) is 5.78 Å². The van der Waals surface area contributed by atoms with E-state index in [0.717, 1.165) is 0 Å². The van der Waals surface area contributed by atoms with Gasteiger partial charge in [0.05, 0.1) is 11.1 Å². The van der Waals surface area contributed by atoms with Gasteiger partial charge in [-0.15, -0.1) is 0 Å². The lowest BCUT2D eigenvalue weighted by Gasteiger charge is -2.20. The van der Waals surface area contributed by atoms with Crippen molar-refractivity contribution in [3.8, 4) is 11.5 Å². The predicted octanol–water partition coefficient (Wildman–Crippen LogP) is 2.49. The van der Waals surface area contributed by atoms with E-state index < -0.39 is 23.3 Å². The number of ether oxygens (including phenoxy) is 1. The van der Waals surface area contributed by atoms with Crippen LogP contribution in [0.4, 0.5) is 0 Å². The van der Waals surface area contributed by atoms with Gasteiger partial charge in [0.1, 0.15) is 18.1 Å². The molecule has 0 atom stereocenters. The van der Waals surface area contributed by atoms with Crippen LogP contribution in [0.1, 0.15) is 44.3 Å². The zero-order valence-corrected chi connectivity index (χ0v) is 13.3. The van der Waals surface area contributed by atoms with Gasteiger partial charge in [0, 0.05) is 17.2 Å². The van der Waals surface area contributed by atoms with Crippen molar-refractivity contribution < 1.29 is 29.3 Å². The number of hydrogen-bond acceptors (Lipinski definition) is 6. The highest BCUT2D eigenvalue weighted by atomic mass is 16.5. The van der Waals surface area contributed by atoms with Gasteiger partial charge in [-0.1, -0.05) is 18.2 Å². The van der Waals surface area contributed by atoms with Crippen molar-refractivity contribution in [3.05, 3.63) is 70.3 Å². The fourth-order valence-corrected chi connectivity index (χ4v) is 2.76. The summed E-state index contributed by atoms with van der Waals surface area (Å²) in [5.41, 5.74) is 0.170. The highest BCUT2D eigenvalue weighted by Crippen LogP contribution is 2.37. The largest absolute Gasteiger partial charge is 0.507 e. The Labute approximate surface area is 143 Å². The minimum absolute atomic E-state index is 0.0141. The standard InChI is InChI=1S/C19H14O6/c1-2-4-15(22)25-9-10-7-12-17(14(21)8-10)19(24)16-11(18(12)23)5-3-6-13(16)20/h2-8,20-21H,9H2,1H3/b4-2+. The molecule has 2 aromatic carbocycles. The van der Waals surface area contributed by atoms with Crippen molar-refractivity contribution in [1.82, 2.24) is 0 Å². The molecule has 6 nitrogen and oxygen atoms in total. The Balaban J connectivity index is 2.04. The second kappa shape index (κ2) is 6.24. The predicted molar refractivity (Wildman–Crippen MR) is 87.7 cm³/mol. The van der Waals surface area contributed by atoms with Crippen LogP contribution in [0.2, 0.25) is 0 Å². The molecule has 0 saturated heterocycles. The van der Waals surface area contributed by atoms with E-state index in [1.54, 1.807) is 6.92 Å². The molecule has 6 heteroatoms. The van der Waals surface area contributed by atoms with Crippen LogP contribution in [0.3, 0.4) is 0 Å². The molecule has 3 rings (SSSR count). The molecule has 0 aliphatic heterocycles. The van der Waals surface area contributed by atoms with Crippen LogP contribution in [-0.4, -0.2) is 27.7 Å². The molecule has 1 aliphatic rings. The Hall–Kier alpha value is -3.41. The van der Waals surface area contributed by atoms with Gasteiger partial charge in [-0.3, -0.25) is 9.59 Å². The van der Waals surface area contributed by atoms with E-state index in [4.69, 9.17) is 4.74 Å². The Bertz CT molecular complexity index is 939. The molecule has 1 aliphatic carbocycles. The number of aromatic hydroxyl groups is 2. The molecule has 0 saturated carbocycles. The smallest absolute Gasteiger partial charge is 0.330 e. The number of ketones is 2. The number of phenols is 2. The van der Waals surface area contributed by atoms with Crippen LogP contribution in [0, 0.1) is 0 Å². The summed E-state index contributed by atoms with van der Waals surface area (Å²) in [4.78, 5) is 36.6. The molecule has 0 fully saturated rings. The van der Waals surface area contributed by atoms with Gasteiger partial charge >= 0.3 is 5.97 Å². The summed E-state index contributed by atoms with van der Waals surface area (Å²) in [6, 6.07) is 6.88. The monoisotopic (exact) mass is 338 g/mol. The van der Waals surface area contributed by atoms with Gasteiger partial charge in [0.25, 0.3) is 0 Å². The number of benzene rings is 2. The molecule has 0 unspecified atom stereocenters. The van der Waals surface area contributed by atoms with Gasteiger partial charge in [0.15, 0.2) is 5.78 Å². The minimum Gasteiger partial charge on any atom is -0.507 e. The van der Waals surface area contributed by atoms with Gasteiger partial charge in [-0.2, -0.15) is 0 Å². The molecule has 0 radical (unpaired) electrons. The normalized spacial score (nSPS) is 12.8. The van der Waals surface area contributed by atoms with Crippen LogP contribution < -0.4 is 0 Å². The molecule has 2 aromatic rings. The molecule has 0 amide bonds. The third-order valence-corrected chi connectivity index (χ3v) is 3.85. The van der Waals surface area contributed by atoms with Gasteiger partial charge < -0.3 is 14.9 Å². The van der Waals surface area contributed by atoms with Crippen LogP contribution in [-0.2, 0) is 16.1 Å². The van der Waals surface area contributed by atoms with E-state index in [9.17, 15) is 24.6 Å². The van der Waals surface area contributed by atoms with Crippen molar-refractivity contribution in [2.24, 2.45) is 0 Å². The molecule has 126 valence electrons. The van der Waals surface area contributed by atoms with E-state index in [2.05, 4.69) is 0 Å². The van der Waals surface area contributed by atoms with E-state index >= 15 is 0 Å². The second-order valence-corrected chi connectivity index (χ2v) is 5.50. The molecule has 0 heterocycles. The van der Waals surface area contributed by atoms with Gasteiger partial charge in [-0.05, 0) is 30.7 Å². The van der Waals surface area contributed by atoms with Crippen molar-refractivity contribution in [2.45, 2.75) is 13.5 Å². The Morgan fingerprint density at radius 3 is 2.48 bits per heavy atom. The van der Waals surface area contributed by atoms with E-state index in [1.165, 1.54) is 42.5 Å². The Morgan fingerprint density at radius 1 is 1.04 bits per heavy atom. The maximum absolute atomic E-state index is 12.7. The fraction of sp³-hybridized carbons (Fsp3) is 0.105. The maximum Gasteiger partial charge on any atom is 0.330 e. The summed E-state index contributed by atoms with van der Waals surface area (Å²) in [5, 5.41) is 20.1. The Kier molecular flexibility index (Phi) is 4.10. The zero-order chi connectivity index (χ0) is 18.1. The number of rotatable bonds is 3. The lowest BCUT2D eigenvalue weighted by Crippen LogP contribution is -2.21. The number of carbonyl (C=O) groups is 3. The molecule has 0 bridgehead atoms. The van der Waals surface area contributed by atoms with Crippen LogP contribution in [0.5, 0.6) is 11.5 Å². The first-order valence-electron chi connectivity index (χ1n) is 7.50. The highest BCUT2D eigenvalue weighted by molar-refractivity contribution is 6.30. The Morgan fingerprint density at radius 2 is 1.76 bits per heavy atom. The van der Waals surface area contributed by atoms with Crippen molar-refractivity contribution >= 4 is 17.5 Å². The summed E-state index contributed by atoms with van der Waals surface area (Å²) in [6.07, 6.45) is 2.77. The summed E-state index contributed by atoms with van der Waals surface area (Å²) in [6.45, 7) is 1.52. The SMILES string of the molecule is C/C=C/C(=O)OCc1cc(O)c2c(c1)C(=O)c1cccc(O)c1C2=O. The average molecular weight is 338 g/mol. The van der Waals surface area contributed by atoms with Gasteiger partial charge in [-0.25, -0.2) is 4.79 Å². The topological polar surface area (TPSA) is 101 Å². The third-order valence-electron chi connectivity index (χ3n) is 3.85. The molecular weight excluding hydrogens is 324 g/mol. The van der Waals surface area contributed by atoms with Crippen LogP contribution in [0.25, 0.3) is 0 Å². The third kappa shape index (κ3) is 2.78. The number of hydrogen-bond donors (Lipinski definition) is 2. The number of phenolic OH excluding ortho intramolecular Hbond substituents is 2. The first kappa shape index (κ1) is 16.4. The zero-order valence-electron chi connectivity index (χ0n) is 13.3. The first-order valence-corrected chi connectivity index (χ1v) is 7.50. The number of carbonyl (C=O) groups excluding carboxylic acids is 3. The lowest BCUT2D eigenvalue weighted by atomic mass is 9.82. The quantitative estimate of drug-likeness (QED) is 0.562. The minimum atomic E-state index is -0.627. The lowest BCUT2D eigenvalue weighted by molar-refractivity contribution is -0.139. The molecule has 25 heavy (non-hydrogen) atoms. The second-order valence-electron chi connectivity index (χ2n) is 5.50. The molecule has 0 aromatic heterocycles. The first-order chi connectivity index (χ1) is 11.9. The molecule has 0 spiro atoms.